The zero-order valence-electron chi connectivity index (χ0n) is 14.0. The number of fused-ring (bicyclic) bond motifs is 1. The normalized spacial score (nSPS) is 13.5. The summed E-state index contributed by atoms with van der Waals surface area (Å²) in [6.45, 7) is 3.82. The SMILES string of the molecule is Cc1ccc(NCCCNS(=O)(=O)c2ccc3c(c2)OCCO3)nc1. The van der Waals surface area contributed by atoms with Crippen LogP contribution in [0.3, 0.4) is 0 Å². The largest absolute Gasteiger partial charge is 0.486 e. The predicted molar refractivity (Wildman–Crippen MR) is 94.7 cm³/mol. The highest BCUT2D eigenvalue weighted by Gasteiger charge is 2.18. The van der Waals surface area contributed by atoms with Gasteiger partial charge in [-0.05, 0) is 37.1 Å². The first-order chi connectivity index (χ1) is 12.0. The molecule has 8 heteroatoms. The number of hydrogen-bond donors (Lipinski definition) is 2. The summed E-state index contributed by atoms with van der Waals surface area (Å²) in [5, 5.41) is 3.16. The fraction of sp³-hybridized carbons (Fsp3) is 0.353. The van der Waals surface area contributed by atoms with Crippen LogP contribution in [0.5, 0.6) is 11.5 Å². The van der Waals surface area contributed by atoms with Crippen LogP contribution in [0, 0.1) is 6.92 Å². The summed E-state index contributed by atoms with van der Waals surface area (Å²) in [5.41, 5.74) is 1.10. The molecule has 0 saturated carbocycles. The quantitative estimate of drug-likeness (QED) is 0.731. The Morgan fingerprint density at radius 1 is 1.08 bits per heavy atom. The fourth-order valence-corrected chi connectivity index (χ4v) is 3.45. The van der Waals surface area contributed by atoms with Gasteiger partial charge in [-0.1, -0.05) is 6.07 Å². The number of nitrogens with zero attached hydrogens (tertiary/aromatic N) is 1. The molecule has 1 aromatic heterocycles. The number of rotatable bonds is 7. The highest BCUT2D eigenvalue weighted by Crippen LogP contribution is 2.32. The van der Waals surface area contributed by atoms with Crippen molar-refractivity contribution in [2.24, 2.45) is 0 Å². The lowest BCUT2D eigenvalue weighted by atomic mass is 10.3. The third-order valence-corrected chi connectivity index (χ3v) is 5.15. The number of hydrogen-bond acceptors (Lipinski definition) is 6. The first kappa shape index (κ1) is 17.5. The molecular formula is C17H21N3O4S. The maximum absolute atomic E-state index is 12.3. The number of pyridine rings is 1. The van der Waals surface area contributed by atoms with Gasteiger partial charge in [0.05, 0.1) is 4.90 Å². The molecule has 0 fully saturated rings. The van der Waals surface area contributed by atoms with E-state index in [0.29, 0.717) is 44.2 Å². The van der Waals surface area contributed by atoms with Crippen LogP contribution < -0.4 is 19.5 Å². The summed E-state index contributed by atoms with van der Waals surface area (Å²) in [6.07, 6.45) is 2.42. The first-order valence-electron chi connectivity index (χ1n) is 8.10. The van der Waals surface area contributed by atoms with E-state index < -0.39 is 10.0 Å². The Bertz CT molecular complexity index is 822. The molecule has 134 valence electrons. The average molecular weight is 363 g/mol. The highest BCUT2D eigenvalue weighted by molar-refractivity contribution is 7.89. The Morgan fingerprint density at radius 2 is 1.88 bits per heavy atom. The predicted octanol–water partition coefficient (Wildman–Crippen LogP) is 1.94. The summed E-state index contributed by atoms with van der Waals surface area (Å²) < 4.78 is 38.1. The molecule has 0 radical (unpaired) electrons. The average Bonchev–Trinajstić information content (AvgIpc) is 2.62. The standard InChI is InChI=1S/C17H21N3O4S/c1-13-3-6-17(19-12-13)18-7-2-8-20-25(21,22)14-4-5-15-16(11-14)24-10-9-23-15/h3-6,11-12,20H,2,7-10H2,1H3,(H,18,19). The summed E-state index contributed by atoms with van der Waals surface area (Å²) in [7, 11) is -3.57. The highest BCUT2D eigenvalue weighted by atomic mass is 32.2. The third kappa shape index (κ3) is 4.61. The zero-order valence-corrected chi connectivity index (χ0v) is 14.8. The number of nitrogens with one attached hydrogen (secondary N) is 2. The van der Waals surface area contributed by atoms with Crippen molar-refractivity contribution < 1.29 is 17.9 Å². The molecule has 0 spiro atoms. The van der Waals surface area contributed by atoms with Crippen molar-refractivity contribution in [1.29, 1.82) is 0 Å². The minimum Gasteiger partial charge on any atom is -0.486 e. The number of ether oxygens (including phenoxy) is 2. The maximum atomic E-state index is 12.3. The van der Waals surface area contributed by atoms with Crippen LogP contribution in [0.15, 0.2) is 41.4 Å². The van der Waals surface area contributed by atoms with Gasteiger partial charge in [0.15, 0.2) is 11.5 Å². The minimum atomic E-state index is -3.57. The lowest BCUT2D eigenvalue weighted by Crippen LogP contribution is -2.26. The summed E-state index contributed by atoms with van der Waals surface area (Å²) >= 11 is 0. The molecule has 1 aromatic carbocycles. The minimum absolute atomic E-state index is 0.171. The Kier molecular flexibility index (Phi) is 5.40. The van der Waals surface area contributed by atoms with Gasteiger partial charge in [0.2, 0.25) is 10.0 Å². The second-order valence-electron chi connectivity index (χ2n) is 5.70. The van der Waals surface area contributed by atoms with Crippen LogP contribution in [0.2, 0.25) is 0 Å². The summed E-state index contributed by atoms with van der Waals surface area (Å²) in [6, 6.07) is 8.50. The van der Waals surface area contributed by atoms with Gasteiger partial charge in [0.25, 0.3) is 0 Å². The Hall–Kier alpha value is -2.32. The number of sulfonamides is 1. The number of benzene rings is 1. The van der Waals surface area contributed by atoms with E-state index in [-0.39, 0.29) is 4.90 Å². The summed E-state index contributed by atoms with van der Waals surface area (Å²) in [4.78, 5) is 4.41. The molecule has 7 nitrogen and oxygen atoms in total. The van der Waals surface area contributed by atoms with Crippen molar-refractivity contribution in [3.63, 3.8) is 0 Å². The number of aromatic nitrogens is 1. The smallest absolute Gasteiger partial charge is 0.240 e. The molecule has 25 heavy (non-hydrogen) atoms. The lowest BCUT2D eigenvalue weighted by molar-refractivity contribution is 0.171. The van der Waals surface area contributed by atoms with Gasteiger partial charge in [-0.25, -0.2) is 18.1 Å². The van der Waals surface area contributed by atoms with Crippen molar-refractivity contribution in [2.75, 3.05) is 31.6 Å². The molecule has 0 saturated heterocycles. The molecular weight excluding hydrogens is 342 g/mol. The van der Waals surface area contributed by atoms with Crippen molar-refractivity contribution >= 4 is 15.8 Å². The molecule has 2 N–H and O–H groups in total. The number of anilines is 1. The van der Waals surface area contributed by atoms with E-state index in [4.69, 9.17) is 9.47 Å². The van der Waals surface area contributed by atoms with Crippen molar-refractivity contribution in [1.82, 2.24) is 9.71 Å². The van der Waals surface area contributed by atoms with Crippen LogP contribution >= 0.6 is 0 Å². The van der Waals surface area contributed by atoms with E-state index in [9.17, 15) is 8.42 Å². The van der Waals surface area contributed by atoms with Crippen LogP contribution in [-0.2, 0) is 10.0 Å². The molecule has 3 rings (SSSR count). The van der Waals surface area contributed by atoms with E-state index >= 15 is 0 Å². The summed E-state index contributed by atoms with van der Waals surface area (Å²) in [5.74, 6) is 1.81. The topological polar surface area (TPSA) is 89.5 Å². The molecule has 1 aliphatic heterocycles. The van der Waals surface area contributed by atoms with Gasteiger partial charge < -0.3 is 14.8 Å². The lowest BCUT2D eigenvalue weighted by Gasteiger charge is -2.18. The van der Waals surface area contributed by atoms with Gasteiger partial charge in [-0.3, -0.25) is 0 Å². The Balaban J connectivity index is 1.49. The van der Waals surface area contributed by atoms with Gasteiger partial charge in [-0.15, -0.1) is 0 Å². The molecule has 1 aliphatic rings. The Labute approximate surface area is 147 Å². The molecule has 0 bridgehead atoms. The van der Waals surface area contributed by atoms with Gasteiger partial charge in [0, 0.05) is 25.4 Å². The van der Waals surface area contributed by atoms with E-state index in [1.165, 1.54) is 12.1 Å². The fourth-order valence-electron chi connectivity index (χ4n) is 2.36. The molecule has 0 aliphatic carbocycles. The van der Waals surface area contributed by atoms with E-state index in [1.807, 2.05) is 19.1 Å². The molecule has 2 heterocycles. The van der Waals surface area contributed by atoms with Crippen molar-refractivity contribution in [3.8, 4) is 11.5 Å². The van der Waals surface area contributed by atoms with E-state index in [1.54, 1.807) is 12.3 Å². The van der Waals surface area contributed by atoms with E-state index in [0.717, 1.165) is 11.4 Å². The first-order valence-corrected chi connectivity index (χ1v) is 9.59. The second-order valence-corrected chi connectivity index (χ2v) is 7.47. The Morgan fingerprint density at radius 3 is 2.64 bits per heavy atom. The van der Waals surface area contributed by atoms with Crippen molar-refractivity contribution in [3.05, 3.63) is 42.1 Å². The van der Waals surface area contributed by atoms with Crippen LogP contribution in [0.1, 0.15) is 12.0 Å². The zero-order chi connectivity index (χ0) is 17.7. The second kappa shape index (κ2) is 7.71. The van der Waals surface area contributed by atoms with Gasteiger partial charge in [0.1, 0.15) is 19.0 Å². The van der Waals surface area contributed by atoms with Crippen LogP contribution in [-0.4, -0.2) is 39.7 Å². The van der Waals surface area contributed by atoms with Crippen LogP contribution in [0.25, 0.3) is 0 Å². The molecule has 0 atom stereocenters. The van der Waals surface area contributed by atoms with Gasteiger partial charge in [-0.2, -0.15) is 0 Å². The maximum Gasteiger partial charge on any atom is 0.240 e. The van der Waals surface area contributed by atoms with Gasteiger partial charge >= 0.3 is 0 Å². The number of aryl methyl sites for hydroxylation is 1. The van der Waals surface area contributed by atoms with Crippen LogP contribution in [0.4, 0.5) is 5.82 Å². The van der Waals surface area contributed by atoms with E-state index in [2.05, 4.69) is 15.0 Å². The molecule has 0 amide bonds. The monoisotopic (exact) mass is 363 g/mol. The molecule has 2 aromatic rings. The van der Waals surface area contributed by atoms with Crippen molar-refractivity contribution in [2.45, 2.75) is 18.2 Å². The molecule has 0 unspecified atom stereocenters. The third-order valence-electron chi connectivity index (χ3n) is 3.69.